The lowest BCUT2D eigenvalue weighted by Gasteiger charge is -2.30. The number of aryl methyl sites for hydroxylation is 1. The van der Waals surface area contributed by atoms with Gasteiger partial charge in [-0.25, -0.2) is 19.3 Å². The second kappa shape index (κ2) is 7.07. The van der Waals surface area contributed by atoms with Gasteiger partial charge in [0.2, 0.25) is 0 Å². The monoisotopic (exact) mass is 349 g/mol. The molecule has 0 radical (unpaired) electrons. The van der Waals surface area contributed by atoms with Gasteiger partial charge >= 0.3 is 0 Å². The summed E-state index contributed by atoms with van der Waals surface area (Å²) in [5, 5.41) is 3.33. The van der Waals surface area contributed by atoms with E-state index in [0.717, 1.165) is 47.0 Å². The first-order valence-electron chi connectivity index (χ1n) is 8.68. The summed E-state index contributed by atoms with van der Waals surface area (Å²) in [7, 11) is 0. The van der Waals surface area contributed by atoms with Crippen molar-refractivity contribution in [3.63, 3.8) is 0 Å². The number of hydrogen-bond donors (Lipinski definition) is 1. The topological polar surface area (TPSA) is 53.9 Å². The second-order valence-corrected chi connectivity index (χ2v) is 6.50. The van der Waals surface area contributed by atoms with Crippen molar-refractivity contribution in [2.24, 2.45) is 0 Å². The van der Waals surface area contributed by atoms with E-state index in [2.05, 4.69) is 31.2 Å². The minimum atomic E-state index is -0.231. The van der Waals surface area contributed by atoms with Crippen LogP contribution in [0.5, 0.6) is 0 Å². The van der Waals surface area contributed by atoms with Gasteiger partial charge in [0.05, 0.1) is 5.69 Å². The van der Waals surface area contributed by atoms with Crippen LogP contribution in [0.3, 0.4) is 0 Å². The van der Waals surface area contributed by atoms with Crippen molar-refractivity contribution in [3.8, 4) is 0 Å². The number of aromatic nitrogens is 3. The fourth-order valence-corrected chi connectivity index (χ4v) is 3.17. The predicted octanol–water partition coefficient (Wildman–Crippen LogP) is 3.49. The maximum absolute atomic E-state index is 13.4. The van der Waals surface area contributed by atoms with Crippen LogP contribution >= 0.6 is 0 Å². The van der Waals surface area contributed by atoms with Crippen LogP contribution in [0, 0.1) is 12.7 Å². The van der Waals surface area contributed by atoms with E-state index in [1.165, 1.54) is 12.1 Å². The molecule has 1 N–H and O–H groups in total. The number of nitrogens with one attached hydrogen (secondary N) is 1. The SMILES string of the molecule is Cc1ccc(N2CCc3ncnc(NCc4cccc(F)c4)c3C2)nc1. The van der Waals surface area contributed by atoms with Crippen LogP contribution in [0.2, 0.25) is 0 Å². The molecule has 0 fully saturated rings. The largest absolute Gasteiger partial charge is 0.366 e. The van der Waals surface area contributed by atoms with Gasteiger partial charge in [-0.2, -0.15) is 0 Å². The number of nitrogens with zero attached hydrogens (tertiary/aromatic N) is 4. The van der Waals surface area contributed by atoms with Gasteiger partial charge in [-0.05, 0) is 36.2 Å². The summed E-state index contributed by atoms with van der Waals surface area (Å²) >= 11 is 0. The number of fused-ring (bicyclic) bond motifs is 1. The molecule has 132 valence electrons. The van der Waals surface area contributed by atoms with E-state index in [-0.39, 0.29) is 5.82 Å². The molecule has 26 heavy (non-hydrogen) atoms. The first-order chi connectivity index (χ1) is 12.7. The third-order valence-electron chi connectivity index (χ3n) is 4.57. The van der Waals surface area contributed by atoms with Gasteiger partial charge in [0, 0.05) is 37.8 Å². The van der Waals surface area contributed by atoms with Gasteiger partial charge in [-0.15, -0.1) is 0 Å². The molecule has 3 aromatic rings. The van der Waals surface area contributed by atoms with Crippen molar-refractivity contribution >= 4 is 11.6 Å². The van der Waals surface area contributed by atoms with Crippen LogP contribution in [0.4, 0.5) is 16.0 Å². The molecule has 4 rings (SSSR count). The van der Waals surface area contributed by atoms with Gasteiger partial charge in [0.15, 0.2) is 0 Å². The summed E-state index contributed by atoms with van der Waals surface area (Å²) in [6.45, 7) is 4.13. The van der Waals surface area contributed by atoms with E-state index >= 15 is 0 Å². The molecule has 5 nitrogen and oxygen atoms in total. The Bertz CT molecular complexity index is 910. The molecule has 1 aliphatic rings. The molecule has 0 saturated heterocycles. The number of rotatable bonds is 4. The van der Waals surface area contributed by atoms with Crippen LogP contribution in [-0.2, 0) is 19.5 Å². The Morgan fingerprint density at radius 3 is 2.88 bits per heavy atom. The molecule has 0 saturated carbocycles. The molecule has 0 amide bonds. The number of pyridine rings is 1. The highest BCUT2D eigenvalue weighted by molar-refractivity contribution is 5.52. The summed E-state index contributed by atoms with van der Waals surface area (Å²) in [5.41, 5.74) is 4.17. The van der Waals surface area contributed by atoms with Crippen molar-refractivity contribution in [2.45, 2.75) is 26.4 Å². The maximum Gasteiger partial charge on any atom is 0.134 e. The summed E-state index contributed by atoms with van der Waals surface area (Å²) in [6.07, 6.45) is 4.32. The molecule has 2 aromatic heterocycles. The molecule has 6 heteroatoms. The lowest BCUT2D eigenvalue weighted by atomic mass is 10.1. The standard InChI is InChI=1S/C20H20FN5/c1-14-5-6-19(22-10-14)26-8-7-18-17(12-26)20(25-13-24-18)23-11-15-3-2-4-16(21)9-15/h2-6,9-10,13H,7-8,11-12H2,1H3,(H,23,24,25). The Morgan fingerprint density at radius 2 is 2.08 bits per heavy atom. The van der Waals surface area contributed by atoms with Gasteiger partial charge < -0.3 is 10.2 Å². The molecule has 1 aliphatic heterocycles. The van der Waals surface area contributed by atoms with E-state index < -0.39 is 0 Å². The third-order valence-corrected chi connectivity index (χ3v) is 4.57. The van der Waals surface area contributed by atoms with Crippen molar-refractivity contribution < 1.29 is 4.39 Å². The van der Waals surface area contributed by atoms with E-state index in [1.54, 1.807) is 12.4 Å². The van der Waals surface area contributed by atoms with Gasteiger partial charge in [0.1, 0.15) is 23.8 Å². The molecule has 0 unspecified atom stereocenters. The molecular weight excluding hydrogens is 329 g/mol. The number of hydrogen-bond acceptors (Lipinski definition) is 5. The van der Waals surface area contributed by atoms with Crippen molar-refractivity contribution in [1.82, 2.24) is 15.0 Å². The van der Waals surface area contributed by atoms with Crippen molar-refractivity contribution in [1.29, 1.82) is 0 Å². The van der Waals surface area contributed by atoms with E-state index in [9.17, 15) is 4.39 Å². The summed E-state index contributed by atoms with van der Waals surface area (Å²) in [5.74, 6) is 1.53. The van der Waals surface area contributed by atoms with Crippen molar-refractivity contribution in [3.05, 3.63) is 77.1 Å². The molecule has 3 heterocycles. The Kier molecular flexibility index (Phi) is 4.48. The first-order valence-corrected chi connectivity index (χ1v) is 8.68. The average molecular weight is 349 g/mol. The predicted molar refractivity (Wildman–Crippen MR) is 99.5 cm³/mol. The first kappa shape index (κ1) is 16.4. The van der Waals surface area contributed by atoms with Crippen LogP contribution < -0.4 is 10.2 Å². The minimum absolute atomic E-state index is 0.231. The molecule has 0 bridgehead atoms. The van der Waals surface area contributed by atoms with E-state index in [0.29, 0.717) is 13.1 Å². The molecular formula is C20H20FN5. The normalized spacial score (nSPS) is 13.4. The van der Waals surface area contributed by atoms with Gasteiger partial charge in [0.25, 0.3) is 0 Å². The zero-order chi connectivity index (χ0) is 17.9. The molecule has 0 atom stereocenters. The van der Waals surface area contributed by atoms with Gasteiger partial charge in [-0.1, -0.05) is 18.2 Å². The average Bonchev–Trinajstić information content (AvgIpc) is 2.66. The Balaban J connectivity index is 1.54. The Hall–Kier alpha value is -3.02. The van der Waals surface area contributed by atoms with Crippen molar-refractivity contribution in [2.75, 3.05) is 16.8 Å². The summed E-state index contributed by atoms with van der Waals surface area (Å²) < 4.78 is 13.4. The number of benzene rings is 1. The molecule has 0 aliphatic carbocycles. The zero-order valence-corrected chi connectivity index (χ0v) is 14.6. The van der Waals surface area contributed by atoms with Crippen LogP contribution in [0.25, 0.3) is 0 Å². The highest BCUT2D eigenvalue weighted by Crippen LogP contribution is 2.26. The third kappa shape index (κ3) is 3.49. The fourth-order valence-electron chi connectivity index (χ4n) is 3.17. The molecule has 0 spiro atoms. The fraction of sp³-hybridized carbons (Fsp3) is 0.250. The highest BCUT2D eigenvalue weighted by atomic mass is 19.1. The van der Waals surface area contributed by atoms with Crippen LogP contribution in [-0.4, -0.2) is 21.5 Å². The van der Waals surface area contributed by atoms with Crippen LogP contribution in [0.1, 0.15) is 22.4 Å². The lowest BCUT2D eigenvalue weighted by molar-refractivity contribution is 0.626. The van der Waals surface area contributed by atoms with E-state index in [1.807, 2.05) is 25.3 Å². The summed E-state index contributed by atoms with van der Waals surface area (Å²) in [6, 6.07) is 10.7. The molecule has 1 aromatic carbocycles. The zero-order valence-electron chi connectivity index (χ0n) is 14.6. The highest BCUT2D eigenvalue weighted by Gasteiger charge is 2.21. The second-order valence-electron chi connectivity index (χ2n) is 6.50. The number of anilines is 2. The van der Waals surface area contributed by atoms with Crippen LogP contribution in [0.15, 0.2) is 48.9 Å². The van der Waals surface area contributed by atoms with E-state index in [4.69, 9.17) is 0 Å². The summed E-state index contributed by atoms with van der Waals surface area (Å²) in [4.78, 5) is 15.6. The minimum Gasteiger partial charge on any atom is -0.366 e. The maximum atomic E-state index is 13.4. The van der Waals surface area contributed by atoms with Gasteiger partial charge in [-0.3, -0.25) is 0 Å². The lowest BCUT2D eigenvalue weighted by Crippen LogP contribution is -2.32. The Morgan fingerprint density at radius 1 is 1.15 bits per heavy atom. The quantitative estimate of drug-likeness (QED) is 0.781. The smallest absolute Gasteiger partial charge is 0.134 e. The number of halogens is 1. The Labute approximate surface area is 151 Å².